The maximum atomic E-state index is 12.1. The van der Waals surface area contributed by atoms with Crippen LogP contribution in [0.1, 0.15) is 65.2 Å². The lowest BCUT2D eigenvalue weighted by Gasteiger charge is -2.32. The minimum absolute atomic E-state index is 0.0452. The van der Waals surface area contributed by atoms with Crippen LogP contribution >= 0.6 is 0 Å². The lowest BCUT2D eigenvalue weighted by Crippen LogP contribution is -2.51. The largest absolute Gasteiger partial charge is 0.352 e. The molecule has 0 spiro atoms. The minimum atomic E-state index is -0.0452. The number of rotatable bonds is 4. The van der Waals surface area contributed by atoms with Gasteiger partial charge in [0.05, 0.1) is 6.04 Å². The van der Waals surface area contributed by atoms with Gasteiger partial charge in [0.15, 0.2) is 0 Å². The van der Waals surface area contributed by atoms with Gasteiger partial charge < -0.3 is 10.6 Å². The summed E-state index contributed by atoms with van der Waals surface area (Å²) in [4.78, 5) is 12.1. The molecular formula is C15H28N2O. The second-order valence-electron chi connectivity index (χ2n) is 6.25. The zero-order valence-electron chi connectivity index (χ0n) is 11.9. The third-order valence-electron chi connectivity index (χ3n) is 4.67. The van der Waals surface area contributed by atoms with Crippen LogP contribution in [-0.2, 0) is 4.79 Å². The highest BCUT2D eigenvalue weighted by atomic mass is 16.2. The fraction of sp³-hybridized carbons (Fsp3) is 0.933. The maximum absolute atomic E-state index is 12.1. The van der Waals surface area contributed by atoms with E-state index in [4.69, 9.17) is 0 Å². The fourth-order valence-corrected chi connectivity index (χ4v) is 3.36. The Balaban J connectivity index is 1.75. The molecule has 0 bridgehead atoms. The van der Waals surface area contributed by atoms with Gasteiger partial charge >= 0.3 is 0 Å². The summed E-state index contributed by atoms with van der Waals surface area (Å²) in [6.07, 6.45) is 10.0. The summed E-state index contributed by atoms with van der Waals surface area (Å²) in [6, 6.07) is 0.921. The van der Waals surface area contributed by atoms with E-state index in [0.717, 1.165) is 12.8 Å². The van der Waals surface area contributed by atoms with E-state index in [1.807, 2.05) is 6.92 Å². The molecule has 1 amide bonds. The van der Waals surface area contributed by atoms with Crippen LogP contribution in [-0.4, -0.2) is 24.0 Å². The summed E-state index contributed by atoms with van der Waals surface area (Å²) in [5.41, 5.74) is 0. The van der Waals surface area contributed by atoms with Crippen molar-refractivity contribution in [3.63, 3.8) is 0 Å². The highest BCUT2D eigenvalue weighted by molar-refractivity contribution is 5.81. The Labute approximate surface area is 111 Å². The molecular weight excluding hydrogens is 224 g/mol. The van der Waals surface area contributed by atoms with E-state index in [0.29, 0.717) is 18.0 Å². The number of carbonyl (C=O) groups excluding carboxylic acids is 1. The second kappa shape index (κ2) is 6.55. The molecule has 2 aliphatic rings. The van der Waals surface area contributed by atoms with Gasteiger partial charge in [0.1, 0.15) is 0 Å². The third-order valence-corrected chi connectivity index (χ3v) is 4.67. The molecule has 3 unspecified atom stereocenters. The van der Waals surface area contributed by atoms with Gasteiger partial charge in [-0.2, -0.15) is 0 Å². The molecule has 18 heavy (non-hydrogen) atoms. The summed E-state index contributed by atoms with van der Waals surface area (Å²) in [7, 11) is 0. The van der Waals surface area contributed by atoms with Gasteiger partial charge in [0.25, 0.3) is 0 Å². The first kappa shape index (κ1) is 13.9. The lowest BCUT2D eigenvalue weighted by molar-refractivity contribution is -0.123. The van der Waals surface area contributed by atoms with Crippen LogP contribution in [0.2, 0.25) is 0 Å². The quantitative estimate of drug-likeness (QED) is 0.807. The van der Waals surface area contributed by atoms with Crippen LogP contribution in [0.5, 0.6) is 0 Å². The Morgan fingerprint density at radius 3 is 2.33 bits per heavy atom. The van der Waals surface area contributed by atoms with Crippen molar-refractivity contribution in [3.8, 4) is 0 Å². The van der Waals surface area contributed by atoms with Crippen LogP contribution < -0.4 is 10.6 Å². The Morgan fingerprint density at radius 1 is 1.06 bits per heavy atom. The Morgan fingerprint density at radius 2 is 1.67 bits per heavy atom. The highest BCUT2D eigenvalue weighted by Gasteiger charge is 2.26. The van der Waals surface area contributed by atoms with Crippen LogP contribution in [0.3, 0.4) is 0 Å². The molecule has 2 saturated carbocycles. The zero-order valence-corrected chi connectivity index (χ0v) is 11.9. The SMILES string of the molecule is CC(NC1CCCCC1C)C(=O)NC1CCCC1. The van der Waals surface area contributed by atoms with Gasteiger partial charge in [-0.1, -0.05) is 32.6 Å². The number of hydrogen-bond donors (Lipinski definition) is 2. The molecule has 0 heterocycles. The van der Waals surface area contributed by atoms with Crippen LogP contribution in [0.25, 0.3) is 0 Å². The predicted octanol–water partition coefficient (Wildman–Crippen LogP) is 2.60. The number of carbonyl (C=O) groups is 1. The summed E-state index contributed by atoms with van der Waals surface area (Å²) < 4.78 is 0. The van der Waals surface area contributed by atoms with Crippen molar-refractivity contribution in [1.29, 1.82) is 0 Å². The minimum Gasteiger partial charge on any atom is -0.352 e. The van der Waals surface area contributed by atoms with Gasteiger partial charge in [-0.15, -0.1) is 0 Å². The average Bonchev–Trinajstić information content (AvgIpc) is 2.84. The second-order valence-corrected chi connectivity index (χ2v) is 6.25. The van der Waals surface area contributed by atoms with Crippen molar-refractivity contribution in [1.82, 2.24) is 10.6 Å². The van der Waals surface area contributed by atoms with E-state index in [-0.39, 0.29) is 11.9 Å². The molecule has 2 fully saturated rings. The van der Waals surface area contributed by atoms with E-state index >= 15 is 0 Å². The van der Waals surface area contributed by atoms with Crippen molar-refractivity contribution in [2.24, 2.45) is 5.92 Å². The molecule has 0 saturated heterocycles. The Kier molecular flexibility index (Phi) is 5.04. The number of hydrogen-bond acceptors (Lipinski definition) is 2. The molecule has 3 nitrogen and oxygen atoms in total. The Bertz CT molecular complexity index is 274. The van der Waals surface area contributed by atoms with E-state index in [9.17, 15) is 4.79 Å². The average molecular weight is 252 g/mol. The van der Waals surface area contributed by atoms with Crippen LogP contribution in [0, 0.1) is 5.92 Å². The summed E-state index contributed by atoms with van der Waals surface area (Å²) in [6.45, 7) is 4.31. The summed E-state index contributed by atoms with van der Waals surface area (Å²) in [5.74, 6) is 0.903. The maximum Gasteiger partial charge on any atom is 0.237 e. The normalized spacial score (nSPS) is 31.2. The lowest BCUT2D eigenvalue weighted by atomic mass is 9.85. The molecule has 3 heteroatoms. The van der Waals surface area contributed by atoms with Gasteiger partial charge in [-0.25, -0.2) is 0 Å². The number of nitrogens with one attached hydrogen (secondary N) is 2. The van der Waals surface area contributed by atoms with Crippen molar-refractivity contribution in [2.75, 3.05) is 0 Å². The Hall–Kier alpha value is -0.570. The van der Waals surface area contributed by atoms with Crippen molar-refractivity contribution in [2.45, 2.75) is 83.3 Å². The van der Waals surface area contributed by atoms with Crippen LogP contribution in [0.15, 0.2) is 0 Å². The molecule has 2 rings (SSSR count). The molecule has 0 aromatic heterocycles. The van der Waals surface area contributed by atoms with Gasteiger partial charge in [-0.3, -0.25) is 4.79 Å². The molecule has 0 aliphatic heterocycles. The van der Waals surface area contributed by atoms with Crippen molar-refractivity contribution >= 4 is 5.91 Å². The summed E-state index contributed by atoms with van der Waals surface area (Å²) in [5, 5.41) is 6.71. The van der Waals surface area contributed by atoms with Gasteiger partial charge in [-0.05, 0) is 38.5 Å². The molecule has 0 aromatic rings. The van der Waals surface area contributed by atoms with Crippen molar-refractivity contribution < 1.29 is 4.79 Å². The first-order valence-electron chi connectivity index (χ1n) is 7.73. The van der Waals surface area contributed by atoms with Gasteiger partial charge in [0, 0.05) is 12.1 Å². The van der Waals surface area contributed by atoms with E-state index in [2.05, 4.69) is 17.6 Å². The molecule has 2 aliphatic carbocycles. The smallest absolute Gasteiger partial charge is 0.237 e. The monoisotopic (exact) mass is 252 g/mol. The standard InChI is InChI=1S/C15H28N2O/c1-11-7-3-6-10-14(11)16-12(2)15(18)17-13-8-4-5-9-13/h11-14,16H,3-10H2,1-2H3,(H,17,18). The first-order valence-corrected chi connectivity index (χ1v) is 7.73. The molecule has 0 radical (unpaired) electrons. The van der Waals surface area contributed by atoms with E-state index < -0.39 is 0 Å². The van der Waals surface area contributed by atoms with Crippen molar-refractivity contribution in [3.05, 3.63) is 0 Å². The molecule has 3 atom stereocenters. The van der Waals surface area contributed by atoms with Crippen LogP contribution in [0.4, 0.5) is 0 Å². The first-order chi connectivity index (χ1) is 8.66. The summed E-state index contributed by atoms with van der Waals surface area (Å²) >= 11 is 0. The fourth-order valence-electron chi connectivity index (χ4n) is 3.36. The highest BCUT2D eigenvalue weighted by Crippen LogP contribution is 2.24. The number of amides is 1. The molecule has 2 N–H and O–H groups in total. The topological polar surface area (TPSA) is 41.1 Å². The van der Waals surface area contributed by atoms with Gasteiger partial charge in [0.2, 0.25) is 5.91 Å². The van der Waals surface area contributed by atoms with E-state index in [1.165, 1.54) is 38.5 Å². The zero-order chi connectivity index (χ0) is 13.0. The molecule has 0 aromatic carbocycles. The predicted molar refractivity (Wildman–Crippen MR) is 74.4 cm³/mol. The molecule has 104 valence electrons. The third kappa shape index (κ3) is 3.71. The van der Waals surface area contributed by atoms with E-state index in [1.54, 1.807) is 0 Å².